The Labute approximate surface area is 213 Å². The first-order valence-electron chi connectivity index (χ1n) is 11.0. The van der Waals surface area contributed by atoms with Crippen LogP contribution in [-0.4, -0.2) is 45.3 Å². The second-order valence-electron chi connectivity index (χ2n) is 7.80. The quantitative estimate of drug-likeness (QED) is 0.115. The number of benzene rings is 2. The van der Waals surface area contributed by atoms with Gasteiger partial charge in [-0.1, -0.05) is 36.4 Å². The number of rotatable bonds is 9. The first-order chi connectivity index (χ1) is 17.0. The maximum atomic E-state index is 12.4. The maximum absolute atomic E-state index is 12.4. The van der Waals surface area contributed by atoms with Gasteiger partial charge in [0, 0.05) is 23.8 Å². The van der Waals surface area contributed by atoms with Crippen LogP contribution in [0.3, 0.4) is 0 Å². The Balaban J connectivity index is 0.00000361. The topological polar surface area (TPSA) is 148 Å². The molecule has 0 bridgehead atoms. The van der Waals surface area contributed by atoms with E-state index in [0.29, 0.717) is 29.6 Å². The molecule has 5 N–H and O–H groups in total. The summed E-state index contributed by atoms with van der Waals surface area (Å²) in [4.78, 5) is 32.2. The predicted molar refractivity (Wildman–Crippen MR) is 138 cm³/mol. The highest BCUT2D eigenvalue weighted by atomic mass is 35.5. The van der Waals surface area contributed by atoms with Gasteiger partial charge in [-0.2, -0.15) is 0 Å². The number of carbonyl (C=O) groups is 2. The van der Waals surface area contributed by atoms with E-state index in [4.69, 9.17) is 15.7 Å². The molecule has 0 radical (unpaired) electrons. The molecule has 2 heterocycles. The Morgan fingerprint density at radius 1 is 0.944 bits per heavy atom. The van der Waals surface area contributed by atoms with Gasteiger partial charge in [-0.25, -0.2) is 20.6 Å². The Hall–Kier alpha value is -4.05. The summed E-state index contributed by atoms with van der Waals surface area (Å²) in [5, 5.41) is 18.5. The molecule has 0 aliphatic rings. The van der Waals surface area contributed by atoms with Crippen LogP contribution < -0.4 is 16.0 Å². The van der Waals surface area contributed by atoms with E-state index in [0.717, 1.165) is 28.9 Å². The molecule has 4 aromatic rings. The number of carbonyl (C=O) groups excluding carboxylic acids is 1. The van der Waals surface area contributed by atoms with Crippen molar-refractivity contribution in [2.75, 3.05) is 13.2 Å². The standard InChI is InChI=1S/C26H24N4O5.ClH/c27-30-25(32)20-13-22(29-23-14-24(26(33)34)28-15-21(20)23)18-5-3-16(4-6-18)17-7-9-19(10-8-17)35-12-2-1-11-31;/h3-10,13-15,31H,1-2,11-12,27H2,(H,30,32)(H,33,34);1H. The zero-order valence-corrected chi connectivity index (χ0v) is 20.0. The van der Waals surface area contributed by atoms with Crippen molar-refractivity contribution in [1.82, 2.24) is 15.4 Å². The number of carboxylic acid groups (broad SMARTS) is 1. The van der Waals surface area contributed by atoms with Gasteiger partial charge >= 0.3 is 5.97 Å². The summed E-state index contributed by atoms with van der Waals surface area (Å²) >= 11 is 0. The van der Waals surface area contributed by atoms with Gasteiger partial charge in [-0.15, -0.1) is 12.4 Å². The summed E-state index contributed by atoms with van der Waals surface area (Å²) in [7, 11) is 0. The van der Waals surface area contributed by atoms with E-state index in [1.165, 1.54) is 12.3 Å². The Morgan fingerprint density at radius 2 is 1.58 bits per heavy atom. The molecule has 0 fully saturated rings. The summed E-state index contributed by atoms with van der Waals surface area (Å²) in [6.07, 6.45) is 2.82. The minimum absolute atomic E-state index is 0. The SMILES string of the molecule is Cl.NNC(=O)c1cc(-c2ccc(-c3ccc(OCCCCO)cc3)cc2)nc2cc(C(=O)O)ncc12. The summed E-state index contributed by atoms with van der Waals surface area (Å²) < 4.78 is 5.67. The van der Waals surface area contributed by atoms with Gasteiger partial charge in [0.15, 0.2) is 0 Å². The molecule has 186 valence electrons. The number of aromatic carboxylic acids is 1. The molecule has 9 nitrogen and oxygen atoms in total. The van der Waals surface area contributed by atoms with Crippen molar-refractivity contribution in [3.8, 4) is 28.1 Å². The molecule has 0 saturated carbocycles. The van der Waals surface area contributed by atoms with Crippen molar-refractivity contribution in [3.63, 3.8) is 0 Å². The van der Waals surface area contributed by atoms with E-state index in [1.807, 2.05) is 48.5 Å². The molecule has 2 aromatic carbocycles. The van der Waals surface area contributed by atoms with Crippen molar-refractivity contribution in [1.29, 1.82) is 0 Å². The van der Waals surface area contributed by atoms with E-state index in [9.17, 15) is 14.7 Å². The van der Waals surface area contributed by atoms with Crippen LogP contribution in [0.15, 0.2) is 66.9 Å². The number of aliphatic hydroxyl groups excluding tert-OH is 1. The van der Waals surface area contributed by atoms with Crippen molar-refractivity contribution >= 4 is 35.2 Å². The monoisotopic (exact) mass is 508 g/mol. The van der Waals surface area contributed by atoms with E-state index < -0.39 is 11.9 Å². The molecule has 0 atom stereocenters. The average Bonchev–Trinajstić information content (AvgIpc) is 2.90. The number of nitrogens with one attached hydrogen (secondary N) is 1. The number of unbranched alkanes of at least 4 members (excludes halogenated alkanes) is 1. The van der Waals surface area contributed by atoms with E-state index in [-0.39, 0.29) is 30.3 Å². The highest BCUT2D eigenvalue weighted by Crippen LogP contribution is 2.28. The lowest BCUT2D eigenvalue weighted by Crippen LogP contribution is -2.30. The molecule has 1 amide bonds. The smallest absolute Gasteiger partial charge is 0.354 e. The van der Waals surface area contributed by atoms with Crippen LogP contribution in [0.25, 0.3) is 33.3 Å². The van der Waals surface area contributed by atoms with Gasteiger partial charge in [-0.3, -0.25) is 10.2 Å². The van der Waals surface area contributed by atoms with E-state index in [2.05, 4.69) is 15.4 Å². The van der Waals surface area contributed by atoms with Gasteiger partial charge in [0.25, 0.3) is 5.91 Å². The minimum atomic E-state index is -1.19. The fourth-order valence-corrected chi connectivity index (χ4v) is 3.63. The number of amides is 1. The number of nitrogens with zero attached hydrogens (tertiary/aromatic N) is 2. The summed E-state index contributed by atoms with van der Waals surface area (Å²) in [5.74, 6) is 4.40. The molecule has 0 aliphatic heterocycles. The van der Waals surface area contributed by atoms with Crippen LogP contribution in [0.2, 0.25) is 0 Å². The Kier molecular flexibility index (Phi) is 8.91. The number of carboxylic acids is 1. The second kappa shape index (κ2) is 12.1. The van der Waals surface area contributed by atoms with Crippen LogP contribution in [0, 0.1) is 0 Å². The lowest BCUT2D eigenvalue weighted by molar-refractivity contribution is 0.0690. The summed E-state index contributed by atoms with van der Waals surface area (Å²) in [6, 6.07) is 18.3. The van der Waals surface area contributed by atoms with Gasteiger partial charge in [0.05, 0.1) is 23.4 Å². The van der Waals surface area contributed by atoms with Crippen molar-refractivity contribution in [2.24, 2.45) is 5.84 Å². The van der Waals surface area contributed by atoms with Crippen molar-refractivity contribution < 1.29 is 24.5 Å². The number of pyridine rings is 2. The normalized spacial score (nSPS) is 10.5. The third kappa shape index (κ3) is 5.95. The number of fused-ring (bicyclic) bond motifs is 1. The highest BCUT2D eigenvalue weighted by molar-refractivity contribution is 6.07. The van der Waals surface area contributed by atoms with Crippen LogP contribution in [0.1, 0.15) is 33.7 Å². The van der Waals surface area contributed by atoms with Crippen LogP contribution >= 0.6 is 12.4 Å². The molecular formula is C26H25ClN4O5. The van der Waals surface area contributed by atoms with Gasteiger partial charge in [-0.05, 0) is 48.2 Å². The maximum Gasteiger partial charge on any atom is 0.354 e. The first-order valence-corrected chi connectivity index (χ1v) is 11.0. The fraction of sp³-hybridized carbons (Fsp3) is 0.154. The third-order valence-electron chi connectivity index (χ3n) is 5.48. The van der Waals surface area contributed by atoms with Gasteiger partial charge < -0.3 is 14.9 Å². The predicted octanol–water partition coefficient (Wildman–Crippen LogP) is 3.84. The third-order valence-corrected chi connectivity index (χ3v) is 5.48. The molecule has 0 spiro atoms. The lowest BCUT2D eigenvalue weighted by atomic mass is 10.0. The summed E-state index contributed by atoms with van der Waals surface area (Å²) in [6.45, 7) is 0.719. The van der Waals surface area contributed by atoms with E-state index in [1.54, 1.807) is 6.07 Å². The average molecular weight is 509 g/mol. The van der Waals surface area contributed by atoms with Crippen LogP contribution in [0.5, 0.6) is 5.75 Å². The van der Waals surface area contributed by atoms with Gasteiger partial charge in [0.2, 0.25) is 0 Å². The zero-order valence-electron chi connectivity index (χ0n) is 19.2. The van der Waals surface area contributed by atoms with Gasteiger partial charge in [0.1, 0.15) is 11.4 Å². The molecular weight excluding hydrogens is 484 g/mol. The minimum Gasteiger partial charge on any atom is -0.494 e. The van der Waals surface area contributed by atoms with Crippen LogP contribution in [-0.2, 0) is 0 Å². The first kappa shape index (κ1) is 26.6. The summed E-state index contributed by atoms with van der Waals surface area (Å²) in [5.41, 5.74) is 5.75. The number of aliphatic hydroxyl groups is 1. The molecule has 0 saturated heterocycles. The van der Waals surface area contributed by atoms with Crippen LogP contribution in [0.4, 0.5) is 0 Å². The number of hydrogen-bond donors (Lipinski definition) is 4. The second-order valence-corrected chi connectivity index (χ2v) is 7.80. The largest absolute Gasteiger partial charge is 0.494 e. The number of halogens is 1. The van der Waals surface area contributed by atoms with Crippen molar-refractivity contribution in [3.05, 3.63) is 78.1 Å². The Morgan fingerprint density at radius 3 is 2.19 bits per heavy atom. The molecule has 36 heavy (non-hydrogen) atoms. The molecule has 4 rings (SSSR count). The number of nitrogens with two attached hydrogens (primary N) is 1. The molecule has 2 aromatic heterocycles. The number of nitrogen functional groups attached to an aromatic ring is 1. The number of hydrazine groups is 1. The van der Waals surface area contributed by atoms with E-state index >= 15 is 0 Å². The molecule has 0 unspecified atom stereocenters. The number of aromatic nitrogens is 2. The number of hydrogen-bond acceptors (Lipinski definition) is 7. The van der Waals surface area contributed by atoms with Crippen molar-refractivity contribution in [2.45, 2.75) is 12.8 Å². The fourth-order valence-electron chi connectivity index (χ4n) is 3.63. The lowest BCUT2D eigenvalue weighted by Gasteiger charge is -2.10. The number of ether oxygens (including phenoxy) is 1. The molecule has 0 aliphatic carbocycles. The molecule has 10 heteroatoms. The zero-order chi connectivity index (χ0) is 24.8. The highest BCUT2D eigenvalue weighted by Gasteiger charge is 2.16. The Bertz CT molecular complexity index is 1360.